The molecule has 182 valence electrons. The van der Waals surface area contributed by atoms with Crippen molar-refractivity contribution < 1.29 is 19.2 Å². The van der Waals surface area contributed by atoms with Gasteiger partial charge in [-0.3, -0.25) is 19.2 Å². The highest BCUT2D eigenvalue weighted by molar-refractivity contribution is 14.1. The van der Waals surface area contributed by atoms with Gasteiger partial charge in [-0.15, -0.1) is 0 Å². The van der Waals surface area contributed by atoms with Crippen LogP contribution in [0.2, 0.25) is 0 Å². The quantitative estimate of drug-likeness (QED) is 0.190. The third-order valence-corrected chi connectivity index (χ3v) is 7.14. The number of hydrogen-bond acceptors (Lipinski definition) is 4. The Balaban J connectivity index is 1.53. The summed E-state index contributed by atoms with van der Waals surface area (Å²) in [5.74, 6) is -1.99. The Labute approximate surface area is 239 Å². The Hall–Kier alpha value is -3.58. The Kier molecular flexibility index (Phi) is 7.07. The molecule has 2 N–H and O–H groups in total. The molecule has 0 unspecified atom stereocenters. The van der Waals surface area contributed by atoms with E-state index in [0.717, 1.165) is 12.0 Å². The average molecular weight is 713 g/mol. The first-order chi connectivity index (χ1) is 17.8. The maximum atomic E-state index is 13.2. The summed E-state index contributed by atoms with van der Waals surface area (Å²) >= 11 is 4.33. The number of imide groups is 1. The minimum Gasteiger partial charge on any atom is -0.322 e. The SMILES string of the molecule is O=C(Nc1ccc(I)cc1)c1cc(C(=O)Nc2ccc(I)cc2)cc(N2C(=O)c3ccccc3C2=O)c1. The molecule has 1 aliphatic heterocycles. The number of carbonyl (C=O) groups is 4. The minimum absolute atomic E-state index is 0.125. The molecule has 0 atom stereocenters. The van der Waals surface area contributed by atoms with Gasteiger partial charge in [0, 0.05) is 29.6 Å². The molecule has 1 aliphatic rings. The molecule has 4 aromatic rings. The van der Waals surface area contributed by atoms with Crippen molar-refractivity contribution in [3.63, 3.8) is 0 Å². The van der Waals surface area contributed by atoms with E-state index < -0.39 is 23.6 Å². The van der Waals surface area contributed by atoms with Crippen LogP contribution in [0.25, 0.3) is 0 Å². The number of nitrogens with zero attached hydrogens (tertiary/aromatic N) is 1. The maximum absolute atomic E-state index is 13.2. The Bertz CT molecular complexity index is 1450. The molecule has 1 heterocycles. The Morgan fingerprint density at radius 1 is 0.595 bits per heavy atom. The molecule has 0 spiro atoms. The van der Waals surface area contributed by atoms with E-state index >= 15 is 0 Å². The van der Waals surface area contributed by atoms with Gasteiger partial charge >= 0.3 is 0 Å². The number of nitrogens with one attached hydrogen (secondary N) is 2. The summed E-state index contributed by atoms with van der Waals surface area (Å²) < 4.78 is 2.02. The van der Waals surface area contributed by atoms with E-state index in [1.807, 2.05) is 24.3 Å². The first-order valence-electron chi connectivity index (χ1n) is 11.1. The van der Waals surface area contributed by atoms with E-state index in [2.05, 4.69) is 55.8 Å². The van der Waals surface area contributed by atoms with Gasteiger partial charge in [0.25, 0.3) is 23.6 Å². The topological polar surface area (TPSA) is 95.6 Å². The summed E-state index contributed by atoms with van der Waals surface area (Å²) in [6.45, 7) is 0. The van der Waals surface area contributed by atoms with Crippen LogP contribution >= 0.6 is 45.2 Å². The normalized spacial score (nSPS) is 12.3. The fourth-order valence-electron chi connectivity index (χ4n) is 3.90. The van der Waals surface area contributed by atoms with Crippen LogP contribution < -0.4 is 15.5 Å². The first kappa shape index (κ1) is 25.1. The van der Waals surface area contributed by atoms with Crippen molar-refractivity contribution in [3.8, 4) is 0 Å². The smallest absolute Gasteiger partial charge is 0.266 e. The molecule has 0 saturated carbocycles. The van der Waals surface area contributed by atoms with Gasteiger partial charge in [-0.1, -0.05) is 12.1 Å². The summed E-state index contributed by atoms with van der Waals surface area (Å²) in [4.78, 5) is 53.6. The predicted octanol–water partition coefficient (Wildman–Crippen LogP) is 6.20. The van der Waals surface area contributed by atoms with Crippen molar-refractivity contribution in [2.75, 3.05) is 15.5 Å². The maximum Gasteiger partial charge on any atom is 0.266 e. The molecule has 5 rings (SSSR count). The van der Waals surface area contributed by atoms with Crippen LogP contribution in [0.5, 0.6) is 0 Å². The van der Waals surface area contributed by atoms with Gasteiger partial charge in [0.2, 0.25) is 0 Å². The van der Waals surface area contributed by atoms with Gasteiger partial charge in [-0.05, 0) is 124 Å². The fourth-order valence-corrected chi connectivity index (χ4v) is 4.62. The molecule has 4 aromatic carbocycles. The molecule has 0 fully saturated rings. The zero-order chi connectivity index (χ0) is 26.1. The van der Waals surface area contributed by atoms with Crippen LogP contribution in [-0.2, 0) is 0 Å². The van der Waals surface area contributed by atoms with Crippen LogP contribution in [-0.4, -0.2) is 23.6 Å². The van der Waals surface area contributed by atoms with Crippen molar-refractivity contribution in [2.45, 2.75) is 0 Å². The fraction of sp³-hybridized carbons (Fsp3) is 0. The lowest BCUT2D eigenvalue weighted by atomic mass is 10.1. The van der Waals surface area contributed by atoms with Crippen molar-refractivity contribution in [2.24, 2.45) is 0 Å². The van der Waals surface area contributed by atoms with E-state index in [0.29, 0.717) is 11.4 Å². The van der Waals surface area contributed by atoms with Crippen molar-refractivity contribution in [3.05, 3.63) is 120 Å². The molecule has 4 amide bonds. The third kappa shape index (κ3) is 5.27. The number of rotatable bonds is 5. The second kappa shape index (κ2) is 10.4. The summed E-state index contributed by atoms with van der Waals surface area (Å²) in [6.07, 6.45) is 0. The number of hydrogen-bond donors (Lipinski definition) is 2. The standard InChI is InChI=1S/C28H17I2N3O4/c29-18-5-9-20(10-6-18)31-25(34)16-13-17(26(35)32-21-11-7-19(30)8-12-21)15-22(14-16)33-27(36)23-3-1-2-4-24(23)28(33)37/h1-15H,(H,31,34)(H,32,35). The third-order valence-electron chi connectivity index (χ3n) is 5.70. The lowest BCUT2D eigenvalue weighted by molar-refractivity contribution is 0.0922. The van der Waals surface area contributed by atoms with Crippen LogP contribution in [0.4, 0.5) is 17.1 Å². The number of amides is 4. The van der Waals surface area contributed by atoms with Gasteiger partial charge in [0.05, 0.1) is 16.8 Å². The highest BCUT2D eigenvalue weighted by Crippen LogP contribution is 2.30. The van der Waals surface area contributed by atoms with Crippen LogP contribution in [0.1, 0.15) is 41.4 Å². The molecule has 9 heteroatoms. The predicted molar refractivity (Wildman–Crippen MR) is 158 cm³/mol. The van der Waals surface area contributed by atoms with E-state index in [1.54, 1.807) is 48.5 Å². The molecule has 0 aromatic heterocycles. The minimum atomic E-state index is -0.514. The summed E-state index contributed by atoms with van der Waals surface area (Å²) in [5.41, 5.74) is 2.06. The van der Waals surface area contributed by atoms with Gasteiger partial charge < -0.3 is 10.6 Å². The second-order valence-electron chi connectivity index (χ2n) is 8.18. The Morgan fingerprint density at radius 3 is 1.41 bits per heavy atom. The lowest BCUT2D eigenvalue weighted by Gasteiger charge is -2.17. The zero-order valence-corrected chi connectivity index (χ0v) is 23.3. The molecule has 0 aliphatic carbocycles. The van der Waals surface area contributed by atoms with Gasteiger partial charge in [-0.25, -0.2) is 4.90 Å². The summed E-state index contributed by atoms with van der Waals surface area (Å²) in [7, 11) is 0. The van der Waals surface area contributed by atoms with Crippen LogP contribution in [0, 0.1) is 7.14 Å². The van der Waals surface area contributed by atoms with Gasteiger partial charge in [0.15, 0.2) is 0 Å². The average Bonchev–Trinajstić information content (AvgIpc) is 3.16. The van der Waals surface area contributed by atoms with E-state index in [-0.39, 0.29) is 27.9 Å². The molecule has 0 saturated heterocycles. The Morgan fingerprint density at radius 2 is 1.00 bits per heavy atom. The summed E-state index contributed by atoms with van der Waals surface area (Å²) in [5, 5.41) is 5.60. The summed E-state index contributed by atoms with van der Waals surface area (Å²) in [6, 6.07) is 25.3. The molecule has 0 radical (unpaired) electrons. The van der Waals surface area contributed by atoms with Crippen LogP contribution in [0.3, 0.4) is 0 Å². The van der Waals surface area contributed by atoms with E-state index in [4.69, 9.17) is 0 Å². The number of carbonyl (C=O) groups excluding carboxylic acids is 4. The molecule has 7 nitrogen and oxygen atoms in total. The van der Waals surface area contributed by atoms with Gasteiger partial charge in [-0.2, -0.15) is 0 Å². The van der Waals surface area contributed by atoms with Crippen LogP contribution in [0.15, 0.2) is 91.0 Å². The molecular weight excluding hydrogens is 696 g/mol. The first-order valence-corrected chi connectivity index (χ1v) is 13.2. The molecule has 0 bridgehead atoms. The van der Waals surface area contributed by atoms with E-state index in [1.165, 1.54) is 18.2 Å². The largest absolute Gasteiger partial charge is 0.322 e. The number of benzene rings is 4. The molecule has 37 heavy (non-hydrogen) atoms. The number of halogens is 2. The monoisotopic (exact) mass is 713 g/mol. The van der Waals surface area contributed by atoms with Crippen molar-refractivity contribution in [1.82, 2.24) is 0 Å². The lowest BCUT2D eigenvalue weighted by Crippen LogP contribution is -2.30. The van der Waals surface area contributed by atoms with Crippen molar-refractivity contribution in [1.29, 1.82) is 0 Å². The highest BCUT2D eigenvalue weighted by Gasteiger charge is 2.37. The number of anilines is 3. The zero-order valence-electron chi connectivity index (χ0n) is 19.0. The molecular formula is C28H17I2N3O4. The highest BCUT2D eigenvalue weighted by atomic mass is 127. The number of fused-ring (bicyclic) bond motifs is 1. The van der Waals surface area contributed by atoms with Crippen molar-refractivity contribution >= 4 is 85.9 Å². The van der Waals surface area contributed by atoms with Gasteiger partial charge in [0.1, 0.15) is 0 Å². The van der Waals surface area contributed by atoms with E-state index in [9.17, 15) is 19.2 Å². The second-order valence-corrected chi connectivity index (χ2v) is 10.7.